The first kappa shape index (κ1) is 17.4. The van der Waals surface area contributed by atoms with Gasteiger partial charge in [-0.25, -0.2) is 4.39 Å². The van der Waals surface area contributed by atoms with E-state index in [0.29, 0.717) is 11.1 Å². The Morgan fingerprint density at radius 2 is 1.65 bits per heavy atom. The van der Waals surface area contributed by atoms with Crippen LogP contribution in [0, 0.1) is 15.9 Å². The van der Waals surface area contributed by atoms with E-state index in [1.165, 1.54) is 12.1 Å². The number of nitrogens with zero attached hydrogens (tertiary/aromatic N) is 1. The van der Waals surface area contributed by atoms with Crippen molar-refractivity contribution in [2.75, 3.05) is 0 Å². The summed E-state index contributed by atoms with van der Waals surface area (Å²) in [5, 5.41) is 10.6. The minimum Gasteiger partial charge on any atom is -0.486 e. The second-order valence-electron chi connectivity index (χ2n) is 5.61. The minimum absolute atomic E-state index is 0.103. The first-order valence-corrected chi connectivity index (χ1v) is 8.01. The fourth-order valence-electron chi connectivity index (χ4n) is 2.56. The van der Waals surface area contributed by atoms with Gasteiger partial charge < -0.3 is 4.74 Å². The average molecular weight is 349 g/mol. The molecule has 3 aromatic carbocycles. The predicted molar refractivity (Wildman–Crippen MR) is 98.6 cm³/mol. The Morgan fingerprint density at radius 3 is 2.31 bits per heavy atom. The lowest BCUT2D eigenvalue weighted by Gasteiger charge is -2.12. The van der Waals surface area contributed by atoms with E-state index in [9.17, 15) is 14.5 Å². The highest BCUT2D eigenvalue weighted by Gasteiger charge is 2.12. The molecule has 0 bridgehead atoms. The monoisotopic (exact) mass is 349 g/mol. The van der Waals surface area contributed by atoms with Gasteiger partial charge >= 0.3 is 0 Å². The van der Waals surface area contributed by atoms with Crippen LogP contribution in [0.4, 0.5) is 4.39 Å². The van der Waals surface area contributed by atoms with Gasteiger partial charge in [0, 0.05) is 6.08 Å². The van der Waals surface area contributed by atoms with E-state index in [1.807, 2.05) is 60.7 Å². The van der Waals surface area contributed by atoms with Crippen molar-refractivity contribution in [2.45, 2.75) is 6.61 Å². The molecule has 0 spiro atoms. The van der Waals surface area contributed by atoms with E-state index >= 15 is 0 Å². The SMILES string of the molecule is O=[N+]([O-])C=Cc1cc(F)c(OCc2ccccc2)cc1-c1ccccc1. The lowest BCUT2D eigenvalue weighted by Crippen LogP contribution is -1.99. The molecular weight excluding hydrogens is 333 g/mol. The summed E-state index contributed by atoms with van der Waals surface area (Å²) in [6.45, 7) is 0.232. The normalized spacial score (nSPS) is 10.8. The summed E-state index contributed by atoms with van der Waals surface area (Å²) in [6.07, 6.45) is 2.08. The van der Waals surface area contributed by atoms with Crippen LogP contribution in [0.2, 0.25) is 0 Å². The van der Waals surface area contributed by atoms with Gasteiger partial charge in [0.2, 0.25) is 6.20 Å². The standard InChI is InChI=1S/C21H16FNO3/c22-20-13-18(11-12-23(24)25)19(17-9-5-2-6-10-17)14-21(20)26-15-16-7-3-1-4-8-16/h1-14H,15H2. The molecule has 0 unspecified atom stereocenters. The van der Waals surface area contributed by atoms with Crippen molar-refractivity contribution in [1.29, 1.82) is 0 Å². The number of nitro groups is 1. The molecule has 0 aliphatic carbocycles. The predicted octanol–water partition coefficient (Wildman–Crippen LogP) is 5.32. The van der Waals surface area contributed by atoms with Crippen molar-refractivity contribution in [3.63, 3.8) is 0 Å². The van der Waals surface area contributed by atoms with Gasteiger partial charge in [-0.3, -0.25) is 10.1 Å². The average Bonchev–Trinajstić information content (AvgIpc) is 2.67. The van der Waals surface area contributed by atoms with Crippen molar-refractivity contribution in [3.8, 4) is 16.9 Å². The molecule has 0 amide bonds. The van der Waals surface area contributed by atoms with Crippen LogP contribution in [0.25, 0.3) is 17.2 Å². The Labute approximate surface area is 150 Å². The van der Waals surface area contributed by atoms with E-state index in [4.69, 9.17) is 4.74 Å². The number of benzene rings is 3. The number of halogens is 1. The highest BCUT2D eigenvalue weighted by Crippen LogP contribution is 2.31. The summed E-state index contributed by atoms with van der Waals surface area (Å²) in [5.41, 5.74) is 2.82. The Balaban J connectivity index is 1.97. The zero-order chi connectivity index (χ0) is 18.4. The maximum Gasteiger partial charge on any atom is 0.235 e. The Bertz CT molecular complexity index is 925. The second-order valence-corrected chi connectivity index (χ2v) is 5.61. The Kier molecular flexibility index (Phi) is 5.39. The Morgan fingerprint density at radius 1 is 1.00 bits per heavy atom. The second kappa shape index (κ2) is 8.07. The van der Waals surface area contributed by atoms with Gasteiger partial charge in [-0.15, -0.1) is 0 Å². The fraction of sp³-hybridized carbons (Fsp3) is 0.0476. The van der Waals surface area contributed by atoms with Gasteiger partial charge in [-0.1, -0.05) is 60.7 Å². The van der Waals surface area contributed by atoms with Crippen molar-refractivity contribution in [2.24, 2.45) is 0 Å². The number of hydrogen-bond acceptors (Lipinski definition) is 3. The maximum atomic E-state index is 14.4. The molecule has 0 atom stereocenters. The van der Waals surface area contributed by atoms with Gasteiger partial charge in [0.15, 0.2) is 11.6 Å². The minimum atomic E-state index is -0.577. The maximum absolute atomic E-state index is 14.4. The van der Waals surface area contributed by atoms with Gasteiger partial charge in [0.25, 0.3) is 0 Å². The van der Waals surface area contributed by atoms with Gasteiger partial charge in [-0.2, -0.15) is 0 Å². The zero-order valence-corrected chi connectivity index (χ0v) is 13.8. The summed E-state index contributed by atoms with van der Waals surface area (Å²) in [6, 6.07) is 21.6. The third-order valence-electron chi connectivity index (χ3n) is 3.80. The molecule has 3 rings (SSSR count). The van der Waals surface area contributed by atoms with Gasteiger partial charge in [-0.05, 0) is 34.4 Å². The van der Waals surface area contributed by atoms with Crippen LogP contribution in [-0.2, 0) is 6.61 Å². The smallest absolute Gasteiger partial charge is 0.235 e. The van der Waals surface area contributed by atoms with E-state index < -0.39 is 10.7 Å². The van der Waals surface area contributed by atoms with Crippen molar-refractivity contribution >= 4 is 6.08 Å². The summed E-state index contributed by atoms with van der Waals surface area (Å²) < 4.78 is 20.1. The van der Waals surface area contributed by atoms with Gasteiger partial charge in [0.1, 0.15) is 6.61 Å². The molecule has 26 heavy (non-hydrogen) atoms. The van der Waals surface area contributed by atoms with Gasteiger partial charge in [0.05, 0.1) is 4.92 Å². The topological polar surface area (TPSA) is 52.4 Å². The van der Waals surface area contributed by atoms with E-state index in [2.05, 4.69) is 0 Å². The molecule has 0 saturated carbocycles. The van der Waals surface area contributed by atoms with Crippen LogP contribution in [0.1, 0.15) is 11.1 Å². The number of rotatable bonds is 6. The first-order valence-electron chi connectivity index (χ1n) is 8.01. The first-order chi connectivity index (χ1) is 12.6. The van der Waals surface area contributed by atoms with Crippen LogP contribution < -0.4 is 4.74 Å². The fourth-order valence-corrected chi connectivity index (χ4v) is 2.56. The molecule has 0 aromatic heterocycles. The van der Waals surface area contributed by atoms with Crippen molar-refractivity contribution in [3.05, 3.63) is 106 Å². The van der Waals surface area contributed by atoms with Crippen LogP contribution in [-0.4, -0.2) is 4.92 Å². The zero-order valence-electron chi connectivity index (χ0n) is 13.8. The quantitative estimate of drug-likeness (QED) is 0.447. The molecule has 0 N–H and O–H groups in total. The highest BCUT2D eigenvalue weighted by molar-refractivity contribution is 5.76. The molecule has 5 heteroatoms. The highest BCUT2D eigenvalue weighted by atomic mass is 19.1. The summed E-state index contributed by atoms with van der Waals surface area (Å²) in [4.78, 5) is 10.1. The van der Waals surface area contributed by atoms with Crippen LogP contribution in [0.5, 0.6) is 5.75 Å². The lowest BCUT2D eigenvalue weighted by atomic mass is 9.99. The van der Waals surface area contributed by atoms with E-state index in [0.717, 1.165) is 17.3 Å². The van der Waals surface area contributed by atoms with Crippen molar-refractivity contribution in [1.82, 2.24) is 0 Å². The molecule has 0 radical (unpaired) electrons. The van der Waals surface area contributed by atoms with E-state index in [-0.39, 0.29) is 12.4 Å². The molecule has 0 aliphatic heterocycles. The van der Waals surface area contributed by atoms with Crippen LogP contribution in [0.15, 0.2) is 79.0 Å². The number of ether oxygens (including phenoxy) is 1. The van der Waals surface area contributed by atoms with Crippen LogP contribution in [0.3, 0.4) is 0 Å². The summed E-state index contributed by atoms with van der Waals surface area (Å²) in [7, 11) is 0. The van der Waals surface area contributed by atoms with Crippen LogP contribution >= 0.6 is 0 Å². The molecule has 4 nitrogen and oxygen atoms in total. The third-order valence-corrected chi connectivity index (χ3v) is 3.80. The Hall–Kier alpha value is -3.47. The van der Waals surface area contributed by atoms with E-state index in [1.54, 1.807) is 6.07 Å². The molecule has 0 heterocycles. The molecule has 0 aliphatic rings. The largest absolute Gasteiger partial charge is 0.486 e. The summed E-state index contributed by atoms with van der Waals surface area (Å²) >= 11 is 0. The lowest BCUT2D eigenvalue weighted by molar-refractivity contribution is -0.400. The number of hydrogen-bond donors (Lipinski definition) is 0. The summed E-state index contributed by atoms with van der Waals surface area (Å²) in [5.74, 6) is -0.463. The van der Waals surface area contributed by atoms with Crippen molar-refractivity contribution < 1.29 is 14.1 Å². The molecular formula is C21H16FNO3. The third kappa shape index (κ3) is 4.33. The molecule has 0 fully saturated rings. The molecule has 130 valence electrons. The molecule has 0 saturated heterocycles. The molecule has 3 aromatic rings.